The minimum absolute atomic E-state index is 0.141. The van der Waals surface area contributed by atoms with E-state index in [9.17, 15) is 0 Å². The summed E-state index contributed by atoms with van der Waals surface area (Å²) in [7, 11) is 0. The van der Waals surface area contributed by atoms with Crippen molar-refractivity contribution in [2.75, 3.05) is 0 Å². The van der Waals surface area contributed by atoms with Gasteiger partial charge in [0.2, 0.25) is 3.79 Å². The zero-order chi connectivity index (χ0) is 7.49. The lowest BCUT2D eigenvalue weighted by atomic mass is 10.5. The van der Waals surface area contributed by atoms with Crippen molar-refractivity contribution in [3.05, 3.63) is 23.8 Å². The van der Waals surface area contributed by atoms with E-state index in [0.29, 0.717) is 0 Å². The van der Waals surface area contributed by atoms with Crippen LogP contribution in [0.1, 0.15) is 0 Å². The molecule has 0 spiro atoms. The van der Waals surface area contributed by atoms with E-state index in [-0.39, 0.29) is 5.03 Å². The molecule has 0 saturated carbocycles. The molecule has 0 fully saturated rings. The van der Waals surface area contributed by atoms with Gasteiger partial charge in [0, 0.05) is 0 Å². The van der Waals surface area contributed by atoms with Crippen LogP contribution >= 0.6 is 46.4 Å². The Morgan fingerprint density at radius 2 is 1.78 bits per heavy atom. The summed E-state index contributed by atoms with van der Waals surface area (Å²) in [6.45, 7) is 3.38. The zero-order valence-electron chi connectivity index (χ0n) is 4.37. The Labute approximate surface area is 74.0 Å². The highest BCUT2D eigenvalue weighted by Gasteiger charge is 2.23. The number of allylic oxidation sites excluding steroid dienone is 3. The summed E-state index contributed by atoms with van der Waals surface area (Å²) in [5.74, 6) is 0. The van der Waals surface area contributed by atoms with Crippen molar-refractivity contribution in [2.24, 2.45) is 0 Å². The van der Waals surface area contributed by atoms with E-state index in [1.54, 1.807) is 0 Å². The van der Waals surface area contributed by atoms with E-state index in [1.165, 1.54) is 12.2 Å². The smallest absolute Gasteiger partial charge is 0.0990 e. The predicted octanol–water partition coefficient (Wildman–Crippen LogP) is 3.67. The highest BCUT2D eigenvalue weighted by atomic mass is 35.6. The molecule has 52 valence electrons. The number of alkyl halides is 3. The van der Waals surface area contributed by atoms with Gasteiger partial charge in [-0.15, -0.1) is 0 Å². The molecule has 0 aromatic heterocycles. The van der Waals surface area contributed by atoms with Crippen molar-refractivity contribution in [3.63, 3.8) is 0 Å². The van der Waals surface area contributed by atoms with Gasteiger partial charge in [-0.05, 0) is 6.08 Å². The fourth-order valence-corrected chi connectivity index (χ4v) is 0.476. The molecule has 0 aromatic rings. The maximum absolute atomic E-state index is 5.45. The second-order valence-corrected chi connectivity index (χ2v) is 3.94. The number of hydrogen-bond donors (Lipinski definition) is 0. The molecule has 0 atom stereocenters. The molecule has 0 aromatic carbocycles. The SMILES string of the molecule is C=CC=C(Cl)C(Cl)(Cl)Cl. The normalized spacial score (nSPS) is 13.6. The van der Waals surface area contributed by atoms with Crippen LogP contribution in [0.15, 0.2) is 23.8 Å². The summed E-state index contributed by atoms with van der Waals surface area (Å²) in [4.78, 5) is 0. The lowest BCUT2D eigenvalue weighted by molar-refractivity contribution is 1.41. The van der Waals surface area contributed by atoms with Crippen LogP contribution in [0.4, 0.5) is 0 Å². The minimum Gasteiger partial charge on any atom is -0.0990 e. The Bertz CT molecular complexity index is 130. The molecule has 0 aliphatic rings. The van der Waals surface area contributed by atoms with Gasteiger partial charge in [0.25, 0.3) is 0 Å². The van der Waals surface area contributed by atoms with Crippen molar-refractivity contribution < 1.29 is 0 Å². The molecule has 0 unspecified atom stereocenters. The Morgan fingerprint density at radius 3 is 1.89 bits per heavy atom. The molecule has 0 saturated heterocycles. The summed E-state index contributed by atoms with van der Waals surface area (Å²) in [5.41, 5.74) is 0. The quantitative estimate of drug-likeness (QED) is 0.453. The van der Waals surface area contributed by atoms with E-state index < -0.39 is 3.79 Å². The summed E-state index contributed by atoms with van der Waals surface area (Å²) in [5, 5.41) is 0.141. The first-order chi connectivity index (χ1) is 3.98. The maximum Gasteiger partial charge on any atom is 0.226 e. The van der Waals surface area contributed by atoms with Crippen LogP contribution in [0, 0.1) is 0 Å². The molecule has 9 heavy (non-hydrogen) atoms. The molecule has 0 aliphatic carbocycles. The van der Waals surface area contributed by atoms with Crippen molar-refractivity contribution in [1.82, 2.24) is 0 Å². The fourth-order valence-electron chi connectivity index (χ4n) is 0.198. The number of rotatable bonds is 1. The Morgan fingerprint density at radius 1 is 1.33 bits per heavy atom. The Balaban J connectivity index is 4.19. The van der Waals surface area contributed by atoms with Crippen LogP contribution in [0.25, 0.3) is 0 Å². The van der Waals surface area contributed by atoms with Crippen molar-refractivity contribution in [1.29, 1.82) is 0 Å². The lowest BCUT2D eigenvalue weighted by Crippen LogP contribution is -2.00. The third-order valence-electron chi connectivity index (χ3n) is 0.535. The Hall–Kier alpha value is 0.640. The summed E-state index contributed by atoms with van der Waals surface area (Å²) in [6.07, 6.45) is 2.87. The van der Waals surface area contributed by atoms with Gasteiger partial charge < -0.3 is 0 Å². The molecular weight excluding hydrogens is 202 g/mol. The van der Waals surface area contributed by atoms with Crippen LogP contribution in [0.2, 0.25) is 0 Å². The van der Waals surface area contributed by atoms with Gasteiger partial charge >= 0.3 is 0 Å². The standard InChI is InChI=1S/C5H4Cl4/c1-2-3-4(6)5(7,8)9/h2-3H,1H2. The molecule has 0 bridgehead atoms. The molecule has 0 rings (SSSR count). The van der Waals surface area contributed by atoms with Gasteiger partial charge in [-0.1, -0.05) is 59.1 Å². The van der Waals surface area contributed by atoms with Crippen LogP contribution in [0.3, 0.4) is 0 Å². The summed E-state index contributed by atoms with van der Waals surface area (Å²) >= 11 is 21.5. The first-order valence-corrected chi connectivity index (χ1v) is 3.55. The maximum atomic E-state index is 5.45. The van der Waals surface area contributed by atoms with Gasteiger partial charge in [0.1, 0.15) is 0 Å². The van der Waals surface area contributed by atoms with E-state index >= 15 is 0 Å². The molecule has 0 N–H and O–H groups in total. The lowest BCUT2D eigenvalue weighted by Gasteiger charge is -2.06. The third kappa shape index (κ3) is 4.10. The van der Waals surface area contributed by atoms with E-state index in [2.05, 4.69) is 6.58 Å². The highest BCUT2D eigenvalue weighted by molar-refractivity contribution is 6.72. The third-order valence-corrected chi connectivity index (χ3v) is 1.85. The number of halogens is 4. The minimum atomic E-state index is -1.52. The molecule has 0 nitrogen and oxygen atoms in total. The molecule has 0 amide bonds. The van der Waals surface area contributed by atoms with E-state index in [4.69, 9.17) is 46.4 Å². The molecule has 0 heterocycles. The zero-order valence-corrected chi connectivity index (χ0v) is 7.40. The van der Waals surface area contributed by atoms with Crippen LogP contribution in [-0.2, 0) is 0 Å². The molecule has 4 heteroatoms. The predicted molar refractivity (Wildman–Crippen MR) is 44.4 cm³/mol. The first-order valence-electron chi connectivity index (χ1n) is 2.04. The van der Waals surface area contributed by atoms with Gasteiger partial charge in [0.05, 0.1) is 5.03 Å². The fraction of sp³-hybridized carbons (Fsp3) is 0.200. The van der Waals surface area contributed by atoms with Gasteiger partial charge in [-0.3, -0.25) is 0 Å². The second-order valence-electron chi connectivity index (χ2n) is 1.25. The van der Waals surface area contributed by atoms with E-state index in [0.717, 1.165) is 0 Å². The summed E-state index contributed by atoms with van der Waals surface area (Å²) in [6, 6.07) is 0. The van der Waals surface area contributed by atoms with Gasteiger partial charge in [-0.25, -0.2) is 0 Å². The van der Waals surface area contributed by atoms with Crippen LogP contribution in [0.5, 0.6) is 0 Å². The Kier molecular flexibility index (Phi) is 3.99. The second kappa shape index (κ2) is 3.72. The van der Waals surface area contributed by atoms with Crippen molar-refractivity contribution >= 4 is 46.4 Å². The largest absolute Gasteiger partial charge is 0.226 e. The number of hydrogen-bond acceptors (Lipinski definition) is 0. The van der Waals surface area contributed by atoms with Crippen LogP contribution < -0.4 is 0 Å². The van der Waals surface area contributed by atoms with Crippen molar-refractivity contribution in [3.8, 4) is 0 Å². The first kappa shape index (κ1) is 9.64. The topological polar surface area (TPSA) is 0 Å². The molecular formula is C5H4Cl4. The molecule has 0 radical (unpaired) electrons. The van der Waals surface area contributed by atoms with Gasteiger partial charge in [-0.2, -0.15) is 0 Å². The average Bonchev–Trinajstić information content (AvgIpc) is 1.64. The monoisotopic (exact) mass is 204 g/mol. The average molecular weight is 206 g/mol. The van der Waals surface area contributed by atoms with E-state index in [1.807, 2.05) is 0 Å². The van der Waals surface area contributed by atoms with Gasteiger partial charge in [0.15, 0.2) is 0 Å². The van der Waals surface area contributed by atoms with Crippen molar-refractivity contribution in [2.45, 2.75) is 3.79 Å². The highest BCUT2D eigenvalue weighted by Crippen LogP contribution is 2.36. The molecule has 0 aliphatic heterocycles. The summed E-state index contributed by atoms with van der Waals surface area (Å²) < 4.78 is -1.52. The van der Waals surface area contributed by atoms with Crippen LogP contribution in [-0.4, -0.2) is 3.79 Å².